The summed E-state index contributed by atoms with van der Waals surface area (Å²) in [6.45, 7) is 3.00. The number of aliphatic hydroxyl groups excluding tert-OH is 1. The van der Waals surface area contributed by atoms with E-state index in [4.69, 9.17) is 9.47 Å². The monoisotopic (exact) mass is 249 g/mol. The number of ether oxygens (including phenoxy) is 2. The van der Waals surface area contributed by atoms with Crippen molar-refractivity contribution in [3.8, 4) is 11.5 Å². The average Bonchev–Trinajstić information content (AvgIpc) is 2.37. The molecule has 2 N–H and O–H groups in total. The Morgan fingerprint density at radius 2 is 2.06 bits per heavy atom. The first-order valence-corrected chi connectivity index (χ1v) is 6.59. The first-order chi connectivity index (χ1) is 8.83. The van der Waals surface area contributed by atoms with Gasteiger partial charge < -0.3 is 19.9 Å². The Morgan fingerprint density at radius 1 is 1.22 bits per heavy atom. The summed E-state index contributed by atoms with van der Waals surface area (Å²) in [6.07, 6.45) is 1.79. The molecule has 3 rings (SSSR count). The van der Waals surface area contributed by atoms with Crippen LogP contribution in [0.3, 0.4) is 0 Å². The van der Waals surface area contributed by atoms with E-state index in [-0.39, 0.29) is 6.10 Å². The molecule has 4 nitrogen and oxygen atoms in total. The fourth-order valence-corrected chi connectivity index (χ4v) is 2.55. The van der Waals surface area contributed by atoms with Gasteiger partial charge in [-0.2, -0.15) is 0 Å². The number of hydrogen-bond donors (Lipinski definition) is 2. The molecule has 18 heavy (non-hydrogen) atoms. The fourth-order valence-electron chi connectivity index (χ4n) is 2.55. The summed E-state index contributed by atoms with van der Waals surface area (Å²) in [4.78, 5) is 0. The maximum atomic E-state index is 9.23. The van der Waals surface area contributed by atoms with E-state index >= 15 is 0 Å². The quantitative estimate of drug-likeness (QED) is 0.845. The summed E-state index contributed by atoms with van der Waals surface area (Å²) >= 11 is 0. The number of aliphatic hydroxyl groups is 1. The number of nitrogens with one attached hydrogen (secondary N) is 1. The minimum absolute atomic E-state index is 0.0713. The van der Waals surface area contributed by atoms with E-state index in [9.17, 15) is 5.11 Å². The third-order valence-electron chi connectivity index (χ3n) is 3.61. The molecule has 1 fully saturated rings. The molecule has 0 amide bonds. The highest BCUT2D eigenvalue weighted by molar-refractivity contribution is 5.47. The molecule has 0 aromatic heterocycles. The van der Waals surface area contributed by atoms with Gasteiger partial charge in [0.05, 0.1) is 6.10 Å². The Kier molecular flexibility index (Phi) is 3.39. The second-order valence-electron chi connectivity index (χ2n) is 5.06. The second-order valence-corrected chi connectivity index (χ2v) is 5.06. The molecule has 0 bridgehead atoms. The van der Waals surface area contributed by atoms with Gasteiger partial charge in [0, 0.05) is 12.1 Å². The van der Waals surface area contributed by atoms with Gasteiger partial charge in [-0.05, 0) is 31.4 Å². The molecule has 4 heteroatoms. The maximum absolute atomic E-state index is 9.23. The fraction of sp³-hybridized carbons (Fsp3) is 0.571. The van der Waals surface area contributed by atoms with Crippen LogP contribution in [-0.2, 0) is 6.54 Å². The molecule has 0 atom stereocenters. The molecule has 1 aromatic carbocycles. The van der Waals surface area contributed by atoms with Crippen LogP contribution < -0.4 is 14.8 Å². The largest absolute Gasteiger partial charge is 0.486 e. The molecular weight excluding hydrogens is 230 g/mol. The van der Waals surface area contributed by atoms with Gasteiger partial charge in [-0.15, -0.1) is 0 Å². The van der Waals surface area contributed by atoms with Crippen molar-refractivity contribution in [3.05, 3.63) is 23.8 Å². The zero-order valence-corrected chi connectivity index (χ0v) is 10.4. The minimum Gasteiger partial charge on any atom is -0.486 e. The van der Waals surface area contributed by atoms with Crippen LogP contribution in [0.15, 0.2) is 18.2 Å². The first kappa shape index (κ1) is 11.8. The summed E-state index contributed by atoms with van der Waals surface area (Å²) in [5, 5.41) is 12.7. The van der Waals surface area contributed by atoms with Crippen molar-refractivity contribution in [1.82, 2.24) is 5.32 Å². The number of para-hydroxylation sites is 1. The summed E-state index contributed by atoms with van der Waals surface area (Å²) in [5.74, 6) is 2.35. The van der Waals surface area contributed by atoms with Crippen molar-refractivity contribution >= 4 is 0 Å². The van der Waals surface area contributed by atoms with Gasteiger partial charge in [0.15, 0.2) is 11.5 Å². The molecule has 0 spiro atoms. The molecule has 98 valence electrons. The van der Waals surface area contributed by atoms with Crippen molar-refractivity contribution in [2.75, 3.05) is 19.8 Å². The topological polar surface area (TPSA) is 50.7 Å². The predicted octanol–water partition coefficient (Wildman–Crippen LogP) is 1.32. The van der Waals surface area contributed by atoms with Crippen molar-refractivity contribution in [2.45, 2.75) is 25.5 Å². The van der Waals surface area contributed by atoms with Crippen LogP contribution in [0.4, 0.5) is 0 Å². The van der Waals surface area contributed by atoms with E-state index < -0.39 is 0 Å². The lowest BCUT2D eigenvalue weighted by Crippen LogP contribution is -2.36. The maximum Gasteiger partial charge on any atom is 0.165 e. The van der Waals surface area contributed by atoms with Crippen LogP contribution >= 0.6 is 0 Å². The van der Waals surface area contributed by atoms with Crippen LogP contribution in [0.5, 0.6) is 11.5 Å². The van der Waals surface area contributed by atoms with E-state index in [2.05, 4.69) is 11.4 Å². The van der Waals surface area contributed by atoms with Gasteiger partial charge in [0.25, 0.3) is 0 Å². The second kappa shape index (κ2) is 5.16. The first-order valence-electron chi connectivity index (χ1n) is 6.59. The molecule has 2 aliphatic rings. The van der Waals surface area contributed by atoms with Crippen LogP contribution in [-0.4, -0.2) is 31.0 Å². The molecule has 1 saturated carbocycles. The van der Waals surface area contributed by atoms with Crippen molar-refractivity contribution < 1.29 is 14.6 Å². The smallest absolute Gasteiger partial charge is 0.165 e. The lowest BCUT2D eigenvalue weighted by molar-refractivity contribution is 0.0429. The molecule has 1 aromatic rings. The Balaban J connectivity index is 1.55. The van der Waals surface area contributed by atoms with Crippen molar-refractivity contribution in [2.24, 2.45) is 5.92 Å². The van der Waals surface area contributed by atoms with E-state index in [1.807, 2.05) is 12.1 Å². The van der Waals surface area contributed by atoms with Gasteiger partial charge in [-0.1, -0.05) is 12.1 Å². The average molecular weight is 249 g/mol. The normalized spacial score (nSPS) is 25.6. The van der Waals surface area contributed by atoms with Gasteiger partial charge in [0.1, 0.15) is 13.2 Å². The number of benzene rings is 1. The van der Waals surface area contributed by atoms with Crippen LogP contribution in [0.1, 0.15) is 18.4 Å². The molecule has 0 unspecified atom stereocenters. The zero-order valence-electron chi connectivity index (χ0n) is 10.4. The van der Waals surface area contributed by atoms with Gasteiger partial charge in [-0.25, -0.2) is 0 Å². The van der Waals surface area contributed by atoms with Crippen molar-refractivity contribution in [1.29, 1.82) is 0 Å². The van der Waals surface area contributed by atoms with Crippen LogP contribution in [0.25, 0.3) is 0 Å². The zero-order chi connectivity index (χ0) is 12.4. The third-order valence-corrected chi connectivity index (χ3v) is 3.61. The lowest BCUT2D eigenvalue weighted by Gasteiger charge is -2.31. The molecule has 1 aliphatic heterocycles. The van der Waals surface area contributed by atoms with E-state index in [0.717, 1.165) is 43.0 Å². The lowest BCUT2D eigenvalue weighted by atomic mass is 9.82. The number of fused-ring (bicyclic) bond motifs is 1. The Bertz CT molecular complexity index is 416. The van der Waals surface area contributed by atoms with Crippen LogP contribution in [0, 0.1) is 5.92 Å². The van der Waals surface area contributed by atoms with Crippen molar-refractivity contribution in [3.63, 3.8) is 0 Å². The minimum atomic E-state index is -0.0713. The Labute approximate surface area is 107 Å². The van der Waals surface area contributed by atoms with Gasteiger partial charge in [0.2, 0.25) is 0 Å². The summed E-state index contributed by atoms with van der Waals surface area (Å²) in [5.41, 5.74) is 1.15. The molecule has 0 saturated heterocycles. The van der Waals surface area contributed by atoms with Gasteiger partial charge >= 0.3 is 0 Å². The SMILES string of the molecule is OC1CC(CNCc2cccc3c2OCCO3)C1. The molecule has 0 radical (unpaired) electrons. The van der Waals surface area contributed by atoms with Gasteiger partial charge in [-0.3, -0.25) is 0 Å². The summed E-state index contributed by atoms with van der Waals surface area (Å²) in [7, 11) is 0. The predicted molar refractivity (Wildman–Crippen MR) is 67.9 cm³/mol. The van der Waals surface area contributed by atoms with E-state index in [1.54, 1.807) is 0 Å². The molecule has 1 aliphatic carbocycles. The summed E-state index contributed by atoms with van der Waals surface area (Å²) < 4.78 is 11.2. The van der Waals surface area contributed by atoms with Crippen LogP contribution in [0.2, 0.25) is 0 Å². The standard InChI is InChI=1S/C14H19NO3/c16-12-6-10(7-12)8-15-9-11-2-1-3-13-14(11)18-5-4-17-13/h1-3,10,12,15-16H,4-9H2. The highest BCUT2D eigenvalue weighted by Crippen LogP contribution is 2.33. The highest BCUT2D eigenvalue weighted by Gasteiger charge is 2.26. The number of hydrogen-bond acceptors (Lipinski definition) is 4. The molecular formula is C14H19NO3. The molecule has 1 heterocycles. The summed E-state index contributed by atoms with van der Waals surface area (Å²) in [6, 6.07) is 6.01. The van der Waals surface area contributed by atoms with E-state index in [0.29, 0.717) is 19.1 Å². The Morgan fingerprint density at radius 3 is 2.89 bits per heavy atom. The number of rotatable bonds is 4. The Hall–Kier alpha value is -1.26. The highest BCUT2D eigenvalue weighted by atomic mass is 16.6. The van der Waals surface area contributed by atoms with E-state index in [1.165, 1.54) is 0 Å². The third kappa shape index (κ3) is 2.44.